The fourth-order valence-corrected chi connectivity index (χ4v) is 5.15. The third kappa shape index (κ3) is 5.13. The third-order valence-electron chi connectivity index (χ3n) is 4.99. The summed E-state index contributed by atoms with van der Waals surface area (Å²) in [6, 6.07) is 14.0. The van der Waals surface area contributed by atoms with Crippen LogP contribution in [0.1, 0.15) is 0 Å². The van der Waals surface area contributed by atoms with E-state index in [9.17, 15) is 13.2 Å². The van der Waals surface area contributed by atoms with Gasteiger partial charge in [-0.1, -0.05) is 23.5 Å². The van der Waals surface area contributed by atoms with Crippen molar-refractivity contribution in [3.05, 3.63) is 48.5 Å². The fourth-order valence-electron chi connectivity index (χ4n) is 3.27. The van der Waals surface area contributed by atoms with Gasteiger partial charge in [-0.05, 0) is 36.4 Å². The van der Waals surface area contributed by atoms with Gasteiger partial charge in [-0.2, -0.15) is 0 Å². The van der Waals surface area contributed by atoms with Gasteiger partial charge >= 0.3 is 0 Å². The Bertz CT molecular complexity index is 1120. The summed E-state index contributed by atoms with van der Waals surface area (Å²) in [5.74, 6) is 0.137. The molecule has 11 heteroatoms. The SMILES string of the molecule is COc1ccc(S(=O)(=O)NNC(=O)CN2CCN(c3nc4ccccc4s3)CC2)cc1. The van der Waals surface area contributed by atoms with E-state index in [4.69, 9.17) is 4.74 Å². The van der Waals surface area contributed by atoms with Crippen LogP contribution in [0.4, 0.5) is 5.13 Å². The van der Waals surface area contributed by atoms with Crippen molar-refractivity contribution in [1.29, 1.82) is 0 Å². The largest absolute Gasteiger partial charge is 0.497 e. The van der Waals surface area contributed by atoms with Gasteiger partial charge in [0.2, 0.25) is 5.91 Å². The van der Waals surface area contributed by atoms with Crippen LogP contribution >= 0.6 is 11.3 Å². The number of nitrogens with zero attached hydrogens (tertiary/aromatic N) is 3. The number of sulfonamides is 1. The number of hydrogen-bond donors (Lipinski definition) is 2. The highest BCUT2D eigenvalue weighted by molar-refractivity contribution is 7.89. The van der Waals surface area contributed by atoms with Gasteiger partial charge in [-0.25, -0.2) is 13.4 Å². The number of rotatable bonds is 7. The maximum atomic E-state index is 12.3. The Morgan fingerprint density at radius 1 is 1.10 bits per heavy atom. The lowest BCUT2D eigenvalue weighted by Gasteiger charge is -2.34. The topological polar surface area (TPSA) is 104 Å². The number of aromatic nitrogens is 1. The molecule has 0 spiro atoms. The molecule has 164 valence electrons. The van der Waals surface area contributed by atoms with Crippen LogP contribution < -0.4 is 19.9 Å². The molecule has 0 aliphatic carbocycles. The summed E-state index contributed by atoms with van der Waals surface area (Å²) in [7, 11) is -2.35. The average Bonchev–Trinajstić information content (AvgIpc) is 3.23. The van der Waals surface area contributed by atoms with E-state index >= 15 is 0 Å². The molecule has 9 nitrogen and oxygen atoms in total. The maximum Gasteiger partial charge on any atom is 0.257 e. The molecule has 2 N–H and O–H groups in total. The molecule has 2 aromatic carbocycles. The first kappa shape index (κ1) is 21.5. The van der Waals surface area contributed by atoms with E-state index in [0.29, 0.717) is 18.8 Å². The van der Waals surface area contributed by atoms with Crippen molar-refractivity contribution < 1.29 is 17.9 Å². The monoisotopic (exact) mass is 461 g/mol. The first-order chi connectivity index (χ1) is 14.9. The minimum atomic E-state index is -3.85. The van der Waals surface area contributed by atoms with Crippen molar-refractivity contribution in [3.63, 3.8) is 0 Å². The van der Waals surface area contributed by atoms with E-state index < -0.39 is 15.9 Å². The number of amides is 1. The fraction of sp³-hybridized carbons (Fsp3) is 0.300. The molecule has 3 aromatic rings. The molecule has 1 aliphatic heterocycles. The quantitative estimate of drug-likeness (QED) is 0.513. The van der Waals surface area contributed by atoms with E-state index in [1.54, 1.807) is 23.5 Å². The van der Waals surface area contributed by atoms with Crippen LogP contribution in [0.2, 0.25) is 0 Å². The van der Waals surface area contributed by atoms with Gasteiger partial charge in [0.1, 0.15) is 5.75 Å². The van der Waals surface area contributed by atoms with Gasteiger partial charge in [-0.15, -0.1) is 4.83 Å². The molecule has 1 saturated heterocycles. The number of benzene rings is 2. The first-order valence-corrected chi connectivity index (χ1v) is 12.0. The van der Waals surface area contributed by atoms with E-state index in [0.717, 1.165) is 28.4 Å². The zero-order valence-corrected chi connectivity index (χ0v) is 18.6. The average molecular weight is 462 g/mol. The van der Waals surface area contributed by atoms with Crippen molar-refractivity contribution in [3.8, 4) is 5.75 Å². The van der Waals surface area contributed by atoms with Gasteiger partial charge < -0.3 is 9.64 Å². The van der Waals surface area contributed by atoms with Crippen molar-refractivity contribution in [2.45, 2.75) is 4.90 Å². The number of carbonyl (C=O) groups excluding carboxylic acids is 1. The second-order valence-corrected chi connectivity index (χ2v) is 9.75. The maximum absolute atomic E-state index is 12.3. The minimum absolute atomic E-state index is 0.0399. The summed E-state index contributed by atoms with van der Waals surface area (Å²) in [6.07, 6.45) is 0. The number of methoxy groups -OCH3 is 1. The van der Waals surface area contributed by atoms with E-state index in [1.807, 2.05) is 23.1 Å². The summed E-state index contributed by atoms with van der Waals surface area (Å²) in [5, 5.41) is 0.984. The van der Waals surface area contributed by atoms with Crippen LogP contribution in [-0.2, 0) is 14.8 Å². The second-order valence-electron chi connectivity index (χ2n) is 7.06. The van der Waals surface area contributed by atoms with Gasteiger partial charge in [-0.3, -0.25) is 15.1 Å². The molecule has 0 radical (unpaired) electrons. The number of carbonyl (C=O) groups is 1. The highest BCUT2D eigenvalue weighted by Crippen LogP contribution is 2.29. The lowest BCUT2D eigenvalue weighted by Crippen LogP contribution is -2.51. The predicted molar refractivity (Wildman–Crippen MR) is 120 cm³/mol. The molecule has 0 unspecified atom stereocenters. The zero-order valence-electron chi connectivity index (χ0n) is 16.9. The Morgan fingerprint density at radius 2 is 1.81 bits per heavy atom. The van der Waals surface area contributed by atoms with Crippen molar-refractivity contribution in [1.82, 2.24) is 20.1 Å². The smallest absolute Gasteiger partial charge is 0.257 e. The number of ether oxygens (including phenoxy) is 1. The Kier molecular flexibility index (Phi) is 6.37. The molecule has 1 amide bonds. The third-order valence-corrected chi connectivity index (χ3v) is 7.35. The number of thiazole rings is 1. The molecule has 0 saturated carbocycles. The lowest BCUT2D eigenvalue weighted by molar-refractivity contribution is -0.122. The van der Waals surface area contributed by atoms with Crippen LogP contribution in [0.3, 0.4) is 0 Å². The number of piperazine rings is 1. The molecule has 31 heavy (non-hydrogen) atoms. The highest BCUT2D eigenvalue weighted by Gasteiger charge is 2.22. The van der Waals surface area contributed by atoms with Crippen LogP contribution in [-0.4, -0.2) is 64.0 Å². The number of hydrogen-bond acceptors (Lipinski definition) is 8. The molecular formula is C20H23N5O4S2. The molecule has 1 aliphatic rings. The molecule has 0 bridgehead atoms. The molecule has 0 atom stereocenters. The number of para-hydroxylation sites is 1. The van der Waals surface area contributed by atoms with Gasteiger partial charge in [0.25, 0.3) is 10.0 Å². The van der Waals surface area contributed by atoms with Crippen molar-refractivity contribution >= 4 is 42.6 Å². The second kappa shape index (κ2) is 9.18. The summed E-state index contributed by atoms with van der Waals surface area (Å²) < 4.78 is 30.8. The molecule has 4 rings (SSSR count). The van der Waals surface area contributed by atoms with Crippen LogP contribution in [0.25, 0.3) is 10.2 Å². The summed E-state index contributed by atoms with van der Waals surface area (Å²) in [6.45, 7) is 3.00. The Morgan fingerprint density at radius 3 is 2.48 bits per heavy atom. The number of nitrogens with one attached hydrogen (secondary N) is 2. The number of hydrazine groups is 1. The summed E-state index contributed by atoms with van der Waals surface area (Å²) in [4.78, 5) is 23.3. The molecular weight excluding hydrogens is 438 g/mol. The van der Waals surface area contributed by atoms with E-state index in [2.05, 4.69) is 26.2 Å². The van der Waals surface area contributed by atoms with Crippen LogP contribution in [0.5, 0.6) is 5.75 Å². The van der Waals surface area contributed by atoms with Gasteiger partial charge in [0.15, 0.2) is 5.13 Å². The Labute approximate surface area is 184 Å². The van der Waals surface area contributed by atoms with Crippen LogP contribution in [0, 0.1) is 0 Å². The van der Waals surface area contributed by atoms with Gasteiger partial charge in [0.05, 0.1) is 28.8 Å². The normalized spacial score (nSPS) is 15.2. The standard InChI is InChI=1S/C20H23N5O4S2/c1-29-15-6-8-16(9-7-15)31(27,28)23-22-19(26)14-24-10-12-25(13-11-24)20-21-17-4-2-3-5-18(17)30-20/h2-9,23H,10-14H2,1H3,(H,22,26). The molecule has 2 heterocycles. The van der Waals surface area contributed by atoms with Gasteiger partial charge in [0, 0.05) is 26.2 Å². The lowest BCUT2D eigenvalue weighted by atomic mass is 10.3. The zero-order chi connectivity index (χ0) is 21.8. The number of fused-ring (bicyclic) bond motifs is 1. The Hall–Kier alpha value is -2.73. The predicted octanol–water partition coefficient (Wildman–Crippen LogP) is 1.44. The molecule has 1 aromatic heterocycles. The molecule has 1 fully saturated rings. The van der Waals surface area contributed by atoms with E-state index in [-0.39, 0.29) is 11.4 Å². The van der Waals surface area contributed by atoms with Crippen LogP contribution in [0.15, 0.2) is 53.4 Å². The highest BCUT2D eigenvalue weighted by atomic mass is 32.2. The first-order valence-electron chi connectivity index (χ1n) is 9.72. The number of anilines is 1. The minimum Gasteiger partial charge on any atom is -0.497 e. The summed E-state index contributed by atoms with van der Waals surface area (Å²) in [5.41, 5.74) is 3.28. The summed E-state index contributed by atoms with van der Waals surface area (Å²) >= 11 is 1.66. The van der Waals surface area contributed by atoms with Crippen molar-refractivity contribution in [2.24, 2.45) is 0 Å². The Balaban J connectivity index is 1.26. The van der Waals surface area contributed by atoms with E-state index in [1.165, 1.54) is 19.2 Å². The van der Waals surface area contributed by atoms with Crippen molar-refractivity contribution in [2.75, 3.05) is 44.7 Å².